The fourth-order valence-electron chi connectivity index (χ4n) is 3.10. The molecule has 0 saturated heterocycles. The quantitative estimate of drug-likeness (QED) is 0.747. The Kier molecular flexibility index (Phi) is 5.26. The van der Waals surface area contributed by atoms with Crippen molar-refractivity contribution in [3.63, 3.8) is 0 Å². The smallest absolute Gasteiger partial charge is 0.115 e. The largest absolute Gasteiger partial charge is 0.508 e. The number of nitrogens with one attached hydrogen (secondary N) is 1. The minimum atomic E-state index is 0.399. The fourth-order valence-corrected chi connectivity index (χ4v) is 3.10. The number of fused-ring (bicyclic) bond motifs is 1. The molecular formula is C17H27NO. The van der Waals surface area contributed by atoms with E-state index in [1.807, 2.05) is 12.1 Å². The Balaban J connectivity index is 1.95. The van der Waals surface area contributed by atoms with E-state index < -0.39 is 0 Å². The van der Waals surface area contributed by atoms with Crippen molar-refractivity contribution in [3.8, 4) is 5.75 Å². The second-order valence-electron chi connectivity index (χ2n) is 5.89. The maximum atomic E-state index is 9.58. The normalized spacial score (nSPS) is 20.0. The number of phenolic OH excluding ortho intramolecular Hbond substituents is 1. The van der Waals surface area contributed by atoms with E-state index >= 15 is 0 Å². The molecule has 1 aromatic carbocycles. The lowest BCUT2D eigenvalue weighted by molar-refractivity contribution is 0.386. The van der Waals surface area contributed by atoms with Gasteiger partial charge in [0.2, 0.25) is 0 Å². The van der Waals surface area contributed by atoms with Crippen LogP contribution in [0.25, 0.3) is 0 Å². The zero-order chi connectivity index (χ0) is 13.7. The van der Waals surface area contributed by atoms with Crippen molar-refractivity contribution in [2.24, 2.45) is 0 Å². The van der Waals surface area contributed by atoms with Gasteiger partial charge in [-0.15, -0.1) is 0 Å². The van der Waals surface area contributed by atoms with Gasteiger partial charge in [0.05, 0.1) is 0 Å². The zero-order valence-electron chi connectivity index (χ0n) is 12.3. The Morgan fingerprint density at radius 1 is 1.37 bits per heavy atom. The van der Waals surface area contributed by atoms with Gasteiger partial charge >= 0.3 is 0 Å². The van der Waals surface area contributed by atoms with Crippen LogP contribution < -0.4 is 5.32 Å². The highest BCUT2D eigenvalue weighted by Gasteiger charge is 2.21. The Hall–Kier alpha value is -1.02. The summed E-state index contributed by atoms with van der Waals surface area (Å²) in [6.07, 6.45) is 8.74. The third-order valence-electron chi connectivity index (χ3n) is 4.17. The number of phenols is 1. The molecule has 0 amide bonds. The predicted molar refractivity (Wildman–Crippen MR) is 80.5 cm³/mol. The van der Waals surface area contributed by atoms with Crippen LogP contribution in [-0.4, -0.2) is 11.1 Å². The van der Waals surface area contributed by atoms with Crippen molar-refractivity contribution in [1.29, 1.82) is 0 Å². The lowest BCUT2D eigenvalue weighted by Crippen LogP contribution is -2.32. The highest BCUT2D eigenvalue weighted by atomic mass is 16.3. The molecule has 0 saturated carbocycles. The summed E-state index contributed by atoms with van der Waals surface area (Å²) in [5.74, 6) is 0.399. The van der Waals surface area contributed by atoms with Crippen LogP contribution in [0.15, 0.2) is 18.2 Å². The van der Waals surface area contributed by atoms with Crippen LogP contribution in [-0.2, 0) is 6.42 Å². The van der Waals surface area contributed by atoms with Gasteiger partial charge in [-0.3, -0.25) is 0 Å². The summed E-state index contributed by atoms with van der Waals surface area (Å²) in [5.41, 5.74) is 2.72. The number of rotatable bonds is 6. The molecule has 0 bridgehead atoms. The van der Waals surface area contributed by atoms with Gasteiger partial charge in [-0.25, -0.2) is 0 Å². The summed E-state index contributed by atoms with van der Waals surface area (Å²) < 4.78 is 0. The molecule has 2 rings (SSSR count). The average molecular weight is 261 g/mol. The molecule has 0 spiro atoms. The van der Waals surface area contributed by atoms with Crippen molar-refractivity contribution in [2.45, 2.75) is 70.9 Å². The molecule has 1 aromatic rings. The van der Waals surface area contributed by atoms with Crippen LogP contribution >= 0.6 is 0 Å². The van der Waals surface area contributed by atoms with E-state index in [2.05, 4.69) is 25.2 Å². The minimum absolute atomic E-state index is 0.399. The Morgan fingerprint density at radius 2 is 2.21 bits per heavy atom. The van der Waals surface area contributed by atoms with Gasteiger partial charge in [0.25, 0.3) is 0 Å². The summed E-state index contributed by atoms with van der Waals surface area (Å²) in [6.45, 7) is 4.55. The average Bonchev–Trinajstić information content (AvgIpc) is 2.39. The molecule has 1 aliphatic rings. The van der Waals surface area contributed by atoms with E-state index in [0.717, 1.165) is 6.42 Å². The molecule has 106 valence electrons. The standard InChI is InChI=1S/C17H27NO/c1-3-4-5-7-13(2)18-17-9-6-8-14-12-15(19)10-11-16(14)17/h10-13,17-19H,3-9H2,1-2H3. The van der Waals surface area contributed by atoms with Gasteiger partial charge in [0, 0.05) is 12.1 Å². The summed E-state index contributed by atoms with van der Waals surface area (Å²) in [4.78, 5) is 0. The van der Waals surface area contributed by atoms with Crippen LogP contribution in [0.3, 0.4) is 0 Å². The van der Waals surface area contributed by atoms with Crippen molar-refractivity contribution < 1.29 is 5.11 Å². The molecule has 0 radical (unpaired) electrons. The maximum absolute atomic E-state index is 9.58. The van der Waals surface area contributed by atoms with Crippen LogP contribution in [0.1, 0.15) is 69.5 Å². The molecule has 0 fully saturated rings. The van der Waals surface area contributed by atoms with Crippen molar-refractivity contribution in [1.82, 2.24) is 5.32 Å². The third-order valence-corrected chi connectivity index (χ3v) is 4.17. The molecule has 2 heteroatoms. The van der Waals surface area contributed by atoms with Gasteiger partial charge in [-0.05, 0) is 55.9 Å². The number of hydrogen-bond donors (Lipinski definition) is 2. The summed E-state index contributed by atoms with van der Waals surface area (Å²) in [7, 11) is 0. The predicted octanol–water partition coefficient (Wildman–Crippen LogP) is 4.33. The van der Waals surface area contributed by atoms with Gasteiger partial charge in [-0.1, -0.05) is 32.3 Å². The second kappa shape index (κ2) is 6.95. The lowest BCUT2D eigenvalue weighted by Gasteiger charge is -2.29. The van der Waals surface area contributed by atoms with Gasteiger partial charge in [0.15, 0.2) is 0 Å². The van der Waals surface area contributed by atoms with E-state index in [0.29, 0.717) is 17.8 Å². The summed E-state index contributed by atoms with van der Waals surface area (Å²) >= 11 is 0. The van der Waals surface area contributed by atoms with Crippen molar-refractivity contribution in [2.75, 3.05) is 0 Å². The minimum Gasteiger partial charge on any atom is -0.508 e. The first-order valence-electron chi connectivity index (χ1n) is 7.78. The van der Waals surface area contributed by atoms with Crippen LogP contribution in [0, 0.1) is 0 Å². The number of aromatic hydroxyl groups is 1. The molecule has 0 aromatic heterocycles. The van der Waals surface area contributed by atoms with E-state index in [9.17, 15) is 5.11 Å². The zero-order valence-corrected chi connectivity index (χ0v) is 12.3. The molecule has 2 atom stereocenters. The molecule has 0 heterocycles. The highest BCUT2D eigenvalue weighted by Crippen LogP contribution is 2.32. The second-order valence-corrected chi connectivity index (χ2v) is 5.89. The first-order chi connectivity index (χ1) is 9.20. The van der Waals surface area contributed by atoms with Gasteiger partial charge < -0.3 is 10.4 Å². The van der Waals surface area contributed by atoms with Crippen molar-refractivity contribution in [3.05, 3.63) is 29.3 Å². The molecule has 19 heavy (non-hydrogen) atoms. The molecule has 1 aliphatic carbocycles. The van der Waals surface area contributed by atoms with Crippen LogP contribution in [0.4, 0.5) is 0 Å². The number of unbranched alkanes of at least 4 members (excludes halogenated alkanes) is 2. The molecule has 2 unspecified atom stereocenters. The Morgan fingerprint density at radius 3 is 3.00 bits per heavy atom. The molecule has 2 N–H and O–H groups in total. The van der Waals surface area contributed by atoms with Crippen LogP contribution in [0.2, 0.25) is 0 Å². The topological polar surface area (TPSA) is 32.3 Å². The maximum Gasteiger partial charge on any atom is 0.115 e. The van der Waals surface area contributed by atoms with E-state index in [1.54, 1.807) is 0 Å². The number of hydrogen-bond acceptors (Lipinski definition) is 2. The van der Waals surface area contributed by atoms with Crippen LogP contribution in [0.5, 0.6) is 5.75 Å². The fraction of sp³-hybridized carbons (Fsp3) is 0.647. The lowest BCUT2D eigenvalue weighted by atomic mass is 9.87. The van der Waals surface area contributed by atoms with Gasteiger partial charge in [0.1, 0.15) is 5.75 Å². The SMILES string of the molecule is CCCCCC(C)NC1CCCc2cc(O)ccc21. The third kappa shape index (κ3) is 3.97. The monoisotopic (exact) mass is 261 g/mol. The molecular weight excluding hydrogens is 234 g/mol. The number of aryl methyl sites for hydroxylation is 1. The molecule has 0 aliphatic heterocycles. The van der Waals surface area contributed by atoms with E-state index in [4.69, 9.17) is 0 Å². The summed E-state index contributed by atoms with van der Waals surface area (Å²) in [5, 5.41) is 13.4. The Labute approximate surface area is 117 Å². The van der Waals surface area contributed by atoms with E-state index in [-0.39, 0.29) is 0 Å². The van der Waals surface area contributed by atoms with Crippen molar-refractivity contribution >= 4 is 0 Å². The summed E-state index contributed by atoms with van der Waals surface area (Å²) in [6, 6.07) is 6.91. The number of benzene rings is 1. The highest BCUT2D eigenvalue weighted by molar-refractivity contribution is 5.38. The van der Waals surface area contributed by atoms with Gasteiger partial charge in [-0.2, -0.15) is 0 Å². The first-order valence-corrected chi connectivity index (χ1v) is 7.78. The first kappa shape index (κ1) is 14.4. The Bertz CT molecular complexity index is 402. The van der Waals surface area contributed by atoms with E-state index in [1.165, 1.54) is 49.7 Å². The molecule has 2 nitrogen and oxygen atoms in total.